The SMILES string of the molecule is COc1ccc(C2(CNC(=O)/C(C)=C/c3ccccc3)CCOCC2)cc1OC. The summed E-state index contributed by atoms with van der Waals surface area (Å²) in [6.45, 7) is 3.73. The first-order chi connectivity index (χ1) is 14.1. The second-order valence-electron chi connectivity index (χ2n) is 7.38. The van der Waals surface area contributed by atoms with E-state index in [2.05, 4.69) is 11.4 Å². The molecular formula is C24H29NO4. The molecule has 1 saturated heterocycles. The summed E-state index contributed by atoms with van der Waals surface area (Å²) in [7, 11) is 3.27. The molecule has 29 heavy (non-hydrogen) atoms. The highest BCUT2D eigenvalue weighted by atomic mass is 16.5. The fraction of sp³-hybridized carbons (Fsp3) is 0.375. The minimum absolute atomic E-state index is 0.0554. The fourth-order valence-electron chi connectivity index (χ4n) is 3.75. The van der Waals surface area contributed by atoms with Gasteiger partial charge in [0.15, 0.2) is 11.5 Å². The lowest BCUT2D eigenvalue weighted by atomic mass is 9.74. The van der Waals surface area contributed by atoms with Gasteiger partial charge in [-0.25, -0.2) is 0 Å². The molecule has 0 aliphatic carbocycles. The predicted molar refractivity (Wildman–Crippen MR) is 114 cm³/mol. The van der Waals surface area contributed by atoms with Crippen LogP contribution in [-0.4, -0.2) is 39.9 Å². The number of ether oxygens (including phenoxy) is 3. The van der Waals surface area contributed by atoms with Crippen LogP contribution in [0.1, 0.15) is 30.9 Å². The average molecular weight is 395 g/mol. The molecule has 0 spiro atoms. The highest BCUT2D eigenvalue weighted by molar-refractivity contribution is 5.97. The first-order valence-corrected chi connectivity index (χ1v) is 9.90. The maximum Gasteiger partial charge on any atom is 0.246 e. The van der Waals surface area contributed by atoms with Crippen molar-refractivity contribution in [3.8, 4) is 11.5 Å². The van der Waals surface area contributed by atoms with Gasteiger partial charge < -0.3 is 19.5 Å². The second kappa shape index (κ2) is 9.61. The number of hydrogen-bond donors (Lipinski definition) is 1. The van der Waals surface area contributed by atoms with Crippen LogP contribution in [0.5, 0.6) is 11.5 Å². The van der Waals surface area contributed by atoms with Crippen molar-refractivity contribution in [2.45, 2.75) is 25.2 Å². The van der Waals surface area contributed by atoms with E-state index in [0.717, 1.165) is 24.0 Å². The lowest BCUT2D eigenvalue weighted by Gasteiger charge is -2.38. The molecule has 1 fully saturated rings. The third kappa shape index (κ3) is 4.98. The van der Waals surface area contributed by atoms with Crippen molar-refractivity contribution >= 4 is 12.0 Å². The molecule has 0 unspecified atom stereocenters. The second-order valence-corrected chi connectivity index (χ2v) is 7.38. The number of benzene rings is 2. The van der Waals surface area contributed by atoms with Gasteiger partial charge in [-0.2, -0.15) is 0 Å². The van der Waals surface area contributed by atoms with Crippen LogP contribution in [-0.2, 0) is 14.9 Å². The Hall–Kier alpha value is -2.79. The van der Waals surface area contributed by atoms with Crippen LogP contribution in [0, 0.1) is 0 Å². The lowest BCUT2D eigenvalue weighted by Crippen LogP contribution is -2.44. The Bertz CT molecular complexity index is 854. The Morgan fingerprint density at radius 2 is 1.76 bits per heavy atom. The summed E-state index contributed by atoms with van der Waals surface area (Å²) >= 11 is 0. The summed E-state index contributed by atoms with van der Waals surface area (Å²) in [5.41, 5.74) is 2.63. The van der Waals surface area contributed by atoms with E-state index in [4.69, 9.17) is 14.2 Å². The van der Waals surface area contributed by atoms with Crippen LogP contribution >= 0.6 is 0 Å². The summed E-state index contributed by atoms with van der Waals surface area (Å²) < 4.78 is 16.5. The first kappa shape index (κ1) is 20.9. The highest BCUT2D eigenvalue weighted by Gasteiger charge is 2.35. The highest BCUT2D eigenvalue weighted by Crippen LogP contribution is 2.38. The Morgan fingerprint density at radius 3 is 2.41 bits per heavy atom. The topological polar surface area (TPSA) is 56.8 Å². The van der Waals surface area contributed by atoms with Crippen LogP contribution in [0.4, 0.5) is 0 Å². The molecule has 0 bridgehead atoms. The summed E-state index contributed by atoms with van der Waals surface area (Å²) in [5.74, 6) is 1.34. The van der Waals surface area contributed by atoms with Crippen LogP contribution in [0.2, 0.25) is 0 Å². The van der Waals surface area contributed by atoms with Gasteiger partial charge in [0.25, 0.3) is 0 Å². The van der Waals surface area contributed by atoms with Gasteiger partial charge in [0.1, 0.15) is 0 Å². The number of methoxy groups -OCH3 is 2. The largest absolute Gasteiger partial charge is 0.493 e. The molecule has 1 heterocycles. The van der Waals surface area contributed by atoms with Gasteiger partial charge in [-0.15, -0.1) is 0 Å². The van der Waals surface area contributed by atoms with Crippen molar-refractivity contribution in [3.05, 3.63) is 65.2 Å². The van der Waals surface area contributed by atoms with Gasteiger partial charge in [-0.3, -0.25) is 4.79 Å². The smallest absolute Gasteiger partial charge is 0.246 e. The number of nitrogens with one attached hydrogen (secondary N) is 1. The molecule has 0 saturated carbocycles. The van der Waals surface area contributed by atoms with Crippen LogP contribution < -0.4 is 14.8 Å². The molecule has 1 N–H and O–H groups in total. The minimum Gasteiger partial charge on any atom is -0.493 e. The molecule has 0 radical (unpaired) electrons. The van der Waals surface area contributed by atoms with E-state index in [1.807, 2.05) is 55.5 Å². The average Bonchev–Trinajstić information content (AvgIpc) is 2.78. The number of carbonyl (C=O) groups excluding carboxylic acids is 1. The molecule has 1 aliphatic rings. The van der Waals surface area contributed by atoms with Crippen LogP contribution in [0.3, 0.4) is 0 Å². The molecule has 5 heteroatoms. The van der Waals surface area contributed by atoms with Crippen LogP contribution in [0.15, 0.2) is 54.1 Å². The van der Waals surface area contributed by atoms with Crippen molar-refractivity contribution < 1.29 is 19.0 Å². The van der Waals surface area contributed by atoms with Gasteiger partial charge >= 0.3 is 0 Å². The number of amides is 1. The standard InChI is InChI=1S/C24H29NO4/c1-18(15-19-7-5-4-6-8-19)23(26)25-17-24(11-13-29-14-12-24)20-9-10-21(27-2)22(16-20)28-3/h4-10,15-16H,11-14,17H2,1-3H3,(H,25,26)/b18-15+. The van der Waals surface area contributed by atoms with E-state index >= 15 is 0 Å². The Balaban J connectivity index is 1.79. The Morgan fingerprint density at radius 1 is 1.07 bits per heavy atom. The van der Waals surface area contributed by atoms with Crippen molar-refractivity contribution in [2.75, 3.05) is 34.0 Å². The zero-order valence-corrected chi connectivity index (χ0v) is 17.4. The molecule has 1 aliphatic heterocycles. The quantitative estimate of drug-likeness (QED) is 0.721. The van der Waals surface area contributed by atoms with E-state index in [-0.39, 0.29) is 11.3 Å². The molecule has 3 rings (SSSR count). The molecule has 0 atom stereocenters. The van der Waals surface area contributed by atoms with Crippen molar-refractivity contribution in [3.63, 3.8) is 0 Å². The van der Waals surface area contributed by atoms with E-state index in [1.54, 1.807) is 14.2 Å². The summed E-state index contributed by atoms with van der Waals surface area (Å²) in [6, 6.07) is 15.9. The molecule has 154 valence electrons. The molecule has 0 aromatic heterocycles. The number of rotatable bonds is 7. The normalized spacial score (nSPS) is 16.2. The van der Waals surface area contributed by atoms with Gasteiger partial charge in [0.2, 0.25) is 5.91 Å². The maximum absolute atomic E-state index is 12.7. The minimum atomic E-state index is -0.194. The van der Waals surface area contributed by atoms with E-state index in [1.165, 1.54) is 0 Å². The fourth-order valence-corrected chi connectivity index (χ4v) is 3.75. The molecule has 5 nitrogen and oxygen atoms in total. The van der Waals surface area contributed by atoms with Gasteiger partial charge in [-0.05, 0) is 49.1 Å². The predicted octanol–water partition coefficient (Wildman–Crippen LogP) is 3.97. The van der Waals surface area contributed by atoms with Gasteiger partial charge in [0, 0.05) is 30.7 Å². The van der Waals surface area contributed by atoms with Gasteiger partial charge in [0.05, 0.1) is 14.2 Å². The molecular weight excluding hydrogens is 366 g/mol. The zero-order chi connectivity index (χ0) is 20.7. The molecule has 2 aromatic carbocycles. The van der Waals surface area contributed by atoms with Crippen molar-refractivity contribution in [1.29, 1.82) is 0 Å². The Labute approximate surface area is 172 Å². The zero-order valence-electron chi connectivity index (χ0n) is 17.4. The maximum atomic E-state index is 12.7. The third-order valence-electron chi connectivity index (χ3n) is 5.57. The van der Waals surface area contributed by atoms with E-state index < -0.39 is 0 Å². The third-order valence-corrected chi connectivity index (χ3v) is 5.57. The first-order valence-electron chi connectivity index (χ1n) is 9.90. The number of hydrogen-bond acceptors (Lipinski definition) is 4. The van der Waals surface area contributed by atoms with Crippen molar-refractivity contribution in [1.82, 2.24) is 5.32 Å². The van der Waals surface area contributed by atoms with E-state index in [0.29, 0.717) is 36.8 Å². The van der Waals surface area contributed by atoms with Crippen molar-refractivity contribution in [2.24, 2.45) is 0 Å². The van der Waals surface area contributed by atoms with Gasteiger partial charge in [-0.1, -0.05) is 36.4 Å². The monoisotopic (exact) mass is 395 g/mol. The summed E-state index contributed by atoms with van der Waals surface area (Å²) in [4.78, 5) is 12.7. The lowest BCUT2D eigenvalue weighted by molar-refractivity contribution is -0.117. The van der Waals surface area contributed by atoms with Crippen LogP contribution in [0.25, 0.3) is 6.08 Å². The van der Waals surface area contributed by atoms with E-state index in [9.17, 15) is 4.79 Å². The molecule has 2 aromatic rings. The summed E-state index contributed by atoms with van der Waals surface area (Å²) in [6.07, 6.45) is 3.58. The molecule has 1 amide bonds. The number of carbonyl (C=O) groups is 1. The Kier molecular flexibility index (Phi) is 6.94. The summed E-state index contributed by atoms with van der Waals surface area (Å²) in [5, 5.41) is 3.14.